The highest BCUT2D eigenvalue weighted by Crippen LogP contribution is 2.27. The fourth-order valence-corrected chi connectivity index (χ4v) is 3.23. The average molecular weight is 305 g/mol. The number of nitrogens with zero attached hydrogens (tertiary/aromatic N) is 1. The zero-order valence-corrected chi connectivity index (χ0v) is 13.0. The fraction of sp³-hybridized carbons (Fsp3) is 0.375. The molecule has 0 atom stereocenters. The van der Waals surface area contributed by atoms with E-state index in [2.05, 4.69) is 0 Å². The van der Waals surface area contributed by atoms with Gasteiger partial charge in [0.05, 0.1) is 5.56 Å². The lowest BCUT2D eigenvalue weighted by Crippen LogP contribution is -2.37. The summed E-state index contributed by atoms with van der Waals surface area (Å²) in [6.45, 7) is 4.37. The molecule has 2 rings (SSSR count). The van der Waals surface area contributed by atoms with Crippen LogP contribution in [-0.2, 0) is 4.79 Å². The van der Waals surface area contributed by atoms with Crippen molar-refractivity contribution in [3.05, 3.63) is 35.2 Å². The van der Waals surface area contributed by atoms with Gasteiger partial charge in [-0.05, 0) is 26.3 Å². The van der Waals surface area contributed by atoms with E-state index in [0.717, 1.165) is 10.1 Å². The van der Waals surface area contributed by atoms with Crippen LogP contribution < -0.4 is 0 Å². The summed E-state index contributed by atoms with van der Waals surface area (Å²) in [4.78, 5) is 25.1. The fourth-order valence-electron chi connectivity index (χ4n) is 2.29. The summed E-state index contributed by atoms with van der Waals surface area (Å²) in [5.41, 5.74) is 0.708. The monoisotopic (exact) mass is 305 g/mol. The minimum atomic E-state index is -0.827. The van der Waals surface area contributed by atoms with Crippen molar-refractivity contribution in [3.63, 3.8) is 0 Å². The molecule has 1 aromatic carbocycles. The molecule has 1 amide bonds. The molecule has 21 heavy (non-hydrogen) atoms. The first-order valence-corrected chi connectivity index (χ1v) is 7.87. The van der Waals surface area contributed by atoms with Crippen LogP contribution in [0.2, 0.25) is 0 Å². The number of benzene rings is 1. The average Bonchev–Trinajstić information content (AvgIpc) is 2.86. The standard InChI is InChI=1S/C16H19NO3S/c1-11(2)17(9-5-8-15(18)19)16(20)13-10-21-14-7-4-3-6-12(13)14/h3-4,6-7,10-11H,5,8-9H2,1-2H3,(H,18,19). The predicted molar refractivity (Wildman–Crippen MR) is 84.9 cm³/mol. The Morgan fingerprint density at radius 1 is 1.29 bits per heavy atom. The zero-order chi connectivity index (χ0) is 15.4. The number of fused-ring (bicyclic) bond motifs is 1. The van der Waals surface area contributed by atoms with Crippen molar-refractivity contribution < 1.29 is 14.7 Å². The van der Waals surface area contributed by atoms with Crippen molar-refractivity contribution in [1.82, 2.24) is 4.90 Å². The van der Waals surface area contributed by atoms with Crippen molar-refractivity contribution in [1.29, 1.82) is 0 Å². The van der Waals surface area contributed by atoms with Gasteiger partial charge in [-0.3, -0.25) is 9.59 Å². The molecule has 1 N–H and O–H groups in total. The van der Waals surface area contributed by atoms with Gasteiger partial charge < -0.3 is 10.0 Å². The first-order valence-electron chi connectivity index (χ1n) is 6.99. The van der Waals surface area contributed by atoms with Crippen LogP contribution in [0.15, 0.2) is 29.6 Å². The number of thiophene rings is 1. The van der Waals surface area contributed by atoms with E-state index in [0.29, 0.717) is 18.5 Å². The third-order valence-corrected chi connectivity index (χ3v) is 4.35. The molecule has 0 radical (unpaired) electrons. The third-order valence-electron chi connectivity index (χ3n) is 3.39. The molecule has 0 spiro atoms. The van der Waals surface area contributed by atoms with E-state index in [9.17, 15) is 9.59 Å². The Morgan fingerprint density at radius 3 is 2.67 bits per heavy atom. The Bertz CT molecular complexity index is 648. The summed E-state index contributed by atoms with van der Waals surface area (Å²) < 4.78 is 1.09. The molecular formula is C16H19NO3S. The molecule has 0 saturated heterocycles. The SMILES string of the molecule is CC(C)N(CCCC(=O)O)C(=O)c1csc2ccccc12. The predicted octanol–water partition coefficient (Wildman–Crippen LogP) is 3.62. The number of hydrogen-bond donors (Lipinski definition) is 1. The van der Waals surface area contributed by atoms with Gasteiger partial charge in [0.1, 0.15) is 0 Å². The Kier molecular flexibility index (Phi) is 4.96. The highest BCUT2D eigenvalue weighted by atomic mass is 32.1. The molecule has 1 heterocycles. The van der Waals surface area contributed by atoms with Crippen LogP contribution in [0.1, 0.15) is 37.0 Å². The van der Waals surface area contributed by atoms with Crippen LogP contribution in [0.5, 0.6) is 0 Å². The largest absolute Gasteiger partial charge is 0.481 e. The normalized spacial score (nSPS) is 11.0. The smallest absolute Gasteiger partial charge is 0.303 e. The second kappa shape index (κ2) is 6.72. The summed E-state index contributed by atoms with van der Waals surface area (Å²) in [6.07, 6.45) is 0.558. The van der Waals surface area contributed by atoms with Gasteiger partial charge in [0, 0.05) is 34.5 Å². The highest BCUT2D eigenvalue weighted by Gasteiger charge is 2.21. The van der Waals surface area contributed by atoms with E-state index >= 15 is 0 Å². The number of carboxylic acid groups (broad SMARTS) is 1. The summed E-state index contributed by atoms with van der Waals surface area (Å²) in [7, 11) is 0. The lowest BCUT2D eigenvalue weighted by Gasteiger charge is -2.26. The molecule has 2 aromatic rings. The van der Waals surface area contributed by atoms with Crippen LogP contribution in [0.4, 0.5) is 0 Å². The maximum absolute atomic E-state index is 12.7. The second-order valence-corrected chi connectivity index (χ2v) is 6.15. The van der Waals surface area contributed by atoms with Gasteiger partial charge in [-0.1, -0.05) is 18.2 Å². The maximum Gasteiger partial charge on any atom is 0.303 e. The number of carbonyl (C=O) groups excluding carboxylic acids is 1. The van der Waals surface area contributed by atoms with Crippen molar-refractivity contribution in [2.75, 3.05) is 6.54 Å². The Hall–Kier alpha value is -1.88. The van der Waals surface area contributed by atoms with Crippen LogP contribution in [-0.4, -0.2) is 34.5 Å². The van der Waals surface area contributed by atoms with Crippen molar-refractivity contribution >= 4 is 33.3 Å². The minimum absolute atomic E-state index is 0.0205. The van der Waals surface area contributed by atoms with Gasteiger partial charge in [0.2, 0.25) is 0 Å². The van der Waals surface area contributed by atoms with Gasteiger partial charge in [0.15, 0.2) is 0 Å². The Balaban J connectivity index is 2.20. The molecule has 0 aliphatic carbocycles. The van der Waals surface area contributed by atoms with Gasteiger partial charge in [0.25, 0.3) is 5.91 Å². The molecule has 0 unspecified atom stereocenters. The number of amides is 1. The van der Waals surface area contributed by atoms with Gasteiger partial charge in [-0.25, -0.2) is 0 Å². The van der Waals surface area contributed by atoms with E-state index in [1.807, 2.05) is 43.5 Å². The summed E-state index contributed by atoms with van der Waals surface area (Å²) in [5, 5.41) is 11.6. The van der Waals surface area contributed by atoms with E-state index in [-0.39, 0.29) is 18.4 Å². The van der Waals surface area contributed by atoms with Crippen LogP contribution >= 0.6 is 11.3 Å². The van der Waals surface area contributed by atoms with Gasteiger partial charge in [-0.15, -0.1) is 11.3 Å². The lowest BCUT2D eigenvalue weighted by atomic mass is 10.1. The van der Waals surface area contributed by atoms with Crippen molar-refractivity contribution in [2.45, 2.75) is 32.7 Å². The Morgan fingerprint density at radius 2 is 2.00 bits per heavy atom. The second-order valence-electron chi connectivity index (χ2n) is 5.24. The molecule has 4 nitrogen and oxygen atoms in total. The molecule has 0 fully saturated rings. The molecule has 5 heteroatoms. The lowest BCUT2D eigenvalue weighted by molar-refractivity contribution is -0.137. The molecule has 0 aliphatic heterocycles. The molecule has 0 bridgehead atoms. The quantitative estimate of drug-likeness (QED) is 0.887. The van der Waals surface area contributed by atoms with Gasteiger partial charge in [-0.2, -0.15) is 0 Å². The number of hydrogen-bond acceptors (Lipinski definition) is 3. The summed E-state index contributed by atoms with van der Waals surface area (Å²) in [5.74, 6) is -0.847. The third kappa shape index (κ3) is 3.61. The zero-order valence-electron chi connectivity index (χ0n) is 12.2. The number of aliphatic carboxylic acids is 1. The van der Waals surface area contributed by atoms with Crippen LogP contribution in [0, 0.1) is 0 Å². The number of carboxylic acids is 1. The first kappa shape index (κ1) is 15.5. The first-order chi connectivity index (χ1) is 10.0. The van der Waals surface area contributed by atoms with Crippen LogP contribution in [0.3, 0.4) is 0 Å². The van der Waals surface area contributed by atoms with Crippen LogP contribution in [0.25, 0.3) is 10.1 Å². The molecular weight excluding hydrogens is 286 g/mol. The van der Waals surface area contributed by atoms with Crippen molar-refractivity contribution in [2.24, 2.45) is 0 Å². The van der Waals surface area contributed by atoms with E-state index in [4.69, 9.17) is 5.11 Å². The number of carbonyl (C=O) groups is 2. The van der Waals surface area contributed by atoms with E-state index < -0.39 is 5.97 Å². The van der Waals surface area contributed by atoms with Gasteiger partial charge >= 0.3 is 5.97 Å². The molecule has 0 saturated carbocycles. The summed E-state index contributed by atoms with van der Waals surface area (Å²) >= 11 is 1.56. The molecule has 0 aliphatic rings. The van der Waals surface area contributed by atoms with Crippen molar-refractivity contribution in [3.8, 4) is 0 Å². The minimum Gasteiger partial charge on any atom is -0.481 e. The topological polar surface area (TPSA) is 57.6 Å². The molecule has 112 valence electrons. The highest BCUT2D eigenvalue weighted by molar-refractivity contribution is 7.17. The van der Waals surface area contributed by atoms with E-state index in [1.165, 1.54) is 0 Å². The molecule has 1 aromatic heterocycles. The maximum atomic E-state index is 12.7. The Labute approximate surface area is 128 Å². The number of rotatable bonds is 6. The summed E-state index contributed by atoms with van der Waals surface area (Å²) in [6, 6.07) is 7.89. The van der Waals surface area contributed by atoms with E-state index in [1.54, 1.807) is 16.2 Å².